The summed E-state index contributed by atoms with van der Waals surface area (Å²) in [6.07, 6.45) is 0. The van der Waals surface area contributed by atoms with Crippen molar-refractivity contribution in [1.29, 1.82) is 0 Å². The van der Waals surface area contributed by atoms with Gasteiger partial charge in [0.05, 0.1) is 5.02 Å². The molecule has 1 heterocycles. The number of hydrogen-bond donors (Lipinski definition) is 1. The predicted octanol–water partition coefficient (Wildman–Crippen LogP) is 5.25. The average Bonchev–Trinajstić information content (AvgIpc) is 2.88. The van der Waals surface area contributed by atoms with Crippen LogP contribution >= 0.6 is 11.6 Å². The fourth-order valence-electron chi connectivity index (χ4n) is 2.33. The van der Waals surface area contributed by atoms with Crippen molar-refractivity contribution in [1.82, 2.24) is 0 Å². The Hall–Kier alpha value is -2.60. The molecule has 0 unspecified atom stereocenters. The molecule has 0 aliphatic heterocycles. The highest BCUT2D eigenvalue weighted by Crippen LogP contribution is 2.31. The van der Waals surface area contributed by atoms with Gasteiger partial charge in [0.2, 0.25) is 0 Å². The van der Waals surface area contributed by atoms with E-state index in [1.54, 1.807) is 19.1 Å². The third-order valence-corrected chi connectivity index (χ3v) is 3.76. The molecule has 0 spiro atoms. The van der Waals surface area contributed by atoms with Crippen LogP contribution in [-0.2, 0) is 0 Å². The molecule has 4 nitrogen and oxygen atoms in total. The van der Waals surface area contributed by atoms with Gasteiger partial charge in [-0.1, -0.05) is 23.7 Å². The van der Waals surface area contributed by atoms with E-state index in [9.17, 15) is 13.6 Å². The summed E-state index contributed by atoms with van der Waals surface area (Å²) in [5.74, 6) is -0.303. The van der Waals surface area contributed by atoms with Crippen molar-refractivity contribution in [2.75, 3.05) is 5.32 Å². The molecule has 24 heavy (non-hydrogen) atoms. The summed E-state index contributed by atoms with van der Waals surface area (Å²) in [5.41, 5.74) is 1.54. The van der Waals surface area contributed by atoms with Gasteiger partial charge < -0.3 is 14.5 Å². The van der Waals surface area contributed by atoms with E-state index < -0.39 is 12.5 Å². The molecular weight excluding hydrogens is 340 g/mol. The molecule has 3 rings (SSSR count). The molecule has 0 aliphatic carbocycles. The number of carbonyl (C=O) groups excluding carboxylic acids is 1. The van der Waals surface area contributed by atoms with Gasteiger partial charge in [-0.2, -0.15) is 8.78 Å². The monoisotopic (exact) mass is 351 g/mol. The number of rotatable bonds is 4. The van der Waals surface area contributed by atoms with Gasteiger partial charge in [-0.15, -0.1) is 0 Å². The van der Waals surface area contributed by atoms with Crippen molar-refractivity contribution in [2.45, 2.75) is 13.5 Å². The minimum absolute atomic E-state index is 0.00898. The van der Waals surface area contributed by atoms with Gasteiger partial charge in [0.1, 0.15) is 5.75 Å². The van der Waals surface area contributed by atoms with Crippen LogP contribution in [0.2, 0.25) is 5.02 Å². The summed E-state index contributed by atoms with van der Waals surface area (Å²) < 4.78 is 34.1. The number of aryl methyl sites for hydroxylation is 1. The summed E-state index contributed by atoms with van der Waals surface area (Å²) in [5, 5.41) is 3.82. The van der Waals surface area contributed by atoms with Crippen molar-refractivity contribution in [3.8, 4) is 5.75 Å². The third kappa shape index (κ3) is 3.19. The van der Waals surface area contributed by atoms with Gasteiger partial charge in [-0.05, 0) is 37.3 Å². The Balaban J connectivity index is 1.82. The van der Waals surface area contributed by atoms with E-state index in [-0.39, 0.29) is 11.5 Å². The van der Waals surface area contributed by atoms with Crippen molar-refractivity contribution in [3.63, 3.8) is 0 Å². The van der Waals surface area contributed by atoms with Gasteiger partial charge in [0.25, 0.3) is 5.91 Å². The number of ether oxygens (including phenoxy) is 1. The first-order valence-electron chi connectivity index (χ1n) is 6.99. The molecule has 0 saturated carbocycles. The molecule has 0 bridgehead atoms. The van der Waals surface area contributed by atoms with Crippen LogP contribution in [0.5, 0.6) is 5.75 Å². The number of halogens is 3. The van der Waals surface area contributed by atoms with E-state index in [4.69, 9.17) is 16.0 Å². The van der Waals surface area contributed by atoms with Crippen LogP contribution in [0, 0.1) is 6.92 Å². The Morgan fingerprint density at radius 1 is 1.21 bits per heavy atom. The maximum atomic E-state index is 12.4. The fraction of sp³-hybridized carbons (Fsp3) is 0.118. The maximum absolute atomic E-state index is 12.4. The second kappa shape index (κ2) is 6.49. The van der Waals surface area contributed by atoms with Gasteiger partial charge in [-0.3, -0.25) is 4.79 Å². The second-order valence-electron chi connectivity index (χ2n) is 5.03. The predicted molar refractivity (Wildman–Crippen MR) is 87.0 cm³/mol. The fourth-order valence-corrected chi connectivity index (χ4v) is 2.55. The Morgan fingerprint density at radius 3 is 2.54 bits per heavy atom. The molecule has 1 amide bonds. The van der Waals surface area contributed by atoms with Crippen molar-refractivity contribution >= 4 is 34.2 Å². The standard InChI is InChI=1S/C17H12ClF2NO3/c1-9-12-3-2-4-13(18)15(12)24-14(9)16(22)21-10-5-7-11(8-6-10)23-17(19)20/h2-8,17H,1H3,(H,21,22). The number of furan rings is 1. The lowest BCUT2D eigenvalue weighted by Crippen LogP contribution is -2.12. The summed E-state index contributed by atoms with van der Waals surface area (Å²) in [6.45, 7) is -1.13. The Kier molecular flexibility index (Phi) is 4.40. The lowest BCUT2D eigenvalue weighted by atomic mass is 10.1. The summed E-state index contributed by atoms with van der Waals surface area (Å²) in [4.78, 5) is 12.4. The lowest BCUT2D eigenvalue weighted by Gasteiger charge is -2.07. The van der Waals surface area contributed by atoms with Crippen LogP contribution in [0.15, 0.2) is 46.9 Å². The number of nitrogens with one attached hydrogen (secondary N) is 1. The normalized spacial score (nSPS) is 11.0. The van der Waals surface area contributed by atoms with Gasteiger partial charge >= 0.3 is 6.61 Å². The van der Waals surface area contributed by atoms with Crippen molar-refractivity contribution < 1.29 is 22.7 Å². The SMILES string of the molecule is Cc1c(C(=O)Nc2ccc(OC(F)F)cc2)oc2c(Cl)cccc12. The van der Waals surface area contributed by atoms with Gasteiger partial charge in [-0.25, -0.2) is 0 Å². The van der Waals surface area contributed by atoms with Crippen LogP contribution in [0.4, 0.5) is 14.5 Å². The second-order valence-corrected chi connectivity index (χ2v) is 5.44. The first kappa shape index (κ1) is 16.3. The molecule has 0 saturated heterocycles. The molecule has 0 atom stereocenters. The highest BCUT2D eigenvalue weighted by Gasteiger charge is 2.19. The van der Waals surface area contributed by atoms with E-state index in [0.29, 0.717) is 21.9 Å². The molecule has 124 valence electrons. The molecular formula is C17H12ClF2NO3. The number of alkyl halides is 2. The van der Waals surface area contributed by atoms with Gasteiger partial charge in [0.15, 0.2) is 11.3 Å². The van der Waals surface area contributed by atoms with Crippen LogP contribution < -0.4 is 10.1 Å². The molecule has 0 fully saturated rings. The zero-order chi connectivity index (χ0) is 17.3. The van der Waals surface area contributed by atoms with Crippen molar-refractivity contribution in [2.24, 2.45) is 0 Å². The number of benzene rings is 2. The van der Waals surface area contributed by atoms with Crippen LogP contribution in [-0.4, -0.2) is 12.5 Å². The maximum Gasteiger partial charge on any atom is 0.387 e. The van der Waals surface area contributed by atoms with Gasteiger partial charge in [0, 0.05) is 16.6 Å². The Morgan fingerprint density at radius 2 is 1.92 bits per heavy atom. The first-order valence-corrected chi connectivity index (χ1v) is 7.37. The van der Waals surface area contributed by atoms with Crippen LogP contribution in [0.1, 0.15) is 16.1 Å². The largest absolute Gasteiger partial charge is 0.449 e. The number of carbonyl (C=O) groups is 1. The number of amides is 1. The smallest absolute Gasteiger partial charge is 0.387 e. The summed E-state index contributed by atoms with van der Waals surface area (Å²) in [6, 6.07) is 10.9. The molecule has 0 aliphatic rings. The van der Waals surface area contributed by atoms with E-state index in [1.165, 1.54) is 24.3 Å². The minimum Gasteiger partial charge on any atom is -0.449 e. The zero-order valence-electron chi connectivity index (χ0n) is 12.5. The van der Waals surface area contributed by atoms with Crippen LogP contribution in [0.3, 0.4) is 0 Å². The summed E-state index contributed by atoms with van der Waals surface area (Å²) >= 11 is 6.07. The Labute approximate surface area is 141 Å². The Bertz CT molecular complexity index is 891. The number of hydrogen-bond acceptors (Lipinski definition) is 3. The first-order chi connectivity index (χ1) is 11.5. The van der Waals surface area contributed by atoms with E-state index in [1.807, 2.05) is 6.07 Å². The molecule has 1 aromatic heterocycles. The van der Waals surface area contributed by atoms with E-state index >= 15 is 0 Å². The number of fused-ring (bicyclic) bond motifs is 1. The topological polar surface area (TPSA) is 51.5 Å². The molecule has 2 aromatic carbocycles. The van der Waals surface area contributed by atoms with E-state index in [0.717, 1.165) is 5.39 Å². The zero-order valence-corrected chi connectivity index (χ0v) is 13.2. The number of anilines is 1. The quantitative estimate of drug-likeness (QED) is 0.698. The molecule has 7 heteroatoms. The number of para-hydroxylation sites is 1. The average molecular weight is 352 g/mol. The van der Waals surface area contributed by atoms with Crippen LogP contribution in [0.25, 0.3) is 11.0 Å². The van der Waals surface area contributed by atoms with Crippen molar-refractivity contribution in [3.05, 3.63) is 58.8 Å². The van der Waals surface area contributed by atoms with E-state index in [2.05, 4.69) is 10.1 Å². The highest BCUT2D eigenvalue weighted by molar-refractivity contribution is 6.35. The lowest BCUT2D eigenvalue weighted by molar-refractivity contribution is -0.0498. The molecule has 1 N–H and O–H groups in total. The summed E-state index contributed by atoms with van der Waals surface area (Å²) in [7, 11) is 0. The third-order valence-electron chi connectivity index (χ3n) is 3.46. The molecule has 3 aromatic rings. The highest BCUT2D eigenvalue weighted by atomic mass is 35.5. The minimum atomic E-state index is -2.90. The molecule has 0 radical (unpaired) electrons.